The first-order chi connectivity index (χ1) is 8.54. The fourth-order valence-electron chi connectivity index (χ4n) is 1.88. The Morgan fingerprint density at radius 1 is 1.61 bits per heavy atom. The highest BCUT2D eigenvalue weighted by Crippen LogP contribution is 2.32. The first-order valence-electron chi connectivity index (χ1n) is 5.25. The molecule has 1 aromatic carbocycles. The molecule has 4 nitrogen and oxygen atoms in total. The SMILES string of the molecule is C=CCN1C(=O)N=C(N)C1c1ccc(F)cc1Br. The smallest absolute Gasteiger partial charge is 0.346 e. The van der Waals surface area contributed by atoms with Gasteiger partial charge >= 0.3 is 6.03 Å². The summed E-state index contributed by atoms with van der Waals surface area (Å²) in [5.74, 6) is -0.158. The molecule has 1 aliphatic heterocycles. The van der Waals surface area contributed by atoms with E-state index in [9.17, 15) is 9.18 Å². The van der Waals surface area contributed by atoms with E-state index in [1.165, 1.54) is 17.0 Å². The van der Waals surface area contributed by atoms with Gasteiger partial charge in [-0.15, -0.1) is 6.58 Å². The molecule has 18 heavy (non-hydrogen) atoms. The Bertz CT molecular complexity index is 544. The maximum atomic E-state index is 13.1. The van der Waals surface area contributed by atoms with Gasteiger partial charge in [0, 0.05) is 11.0 Å². The largest absolute Gasteiger partial charge is 0.385 e. The number of carbonyl (C=O) groups is 1. The standard InChI is InChI=1S/C12H11BrFN3O/c1-2-5-17-10(11(15)16-12(17)18)8-4-3-7(14)6-9(8)13/h2-4,6,10H,1,5H2,(H2,15,16,18). The zero-order chi connectivity index (χ0) is 13.3. The van der Waals surface area contributed by atoms with E-state index in [1.54, 1.807) is 12.1 Å². The van der Waals surface area contributed by atoms with E-state index in [-0.39, 0.29) is 11.7 Å². The van der Waals surface area contributed by atoms with Crippen molar-refractivity contribution in [2.45, 2.75) is 6.04 Å². The highest BCUT2D eigenvalue weighted by Gasteiger charge is 2.34. The van der Waals surface area contributed by atoms with Crippen LogP contribution in [0.3, 0.4) is 0 Å². The summed E-state index contributed by atoms with van der Waals surface area (Å²) >= 11 is 3.27. The molecule has 0 saturated carbocycles. The molecule has 2 amide bonds. The molecule has 1 unspecified atom stereocenters. The van der Waals surface area contributed by atoms with Gasteiger partial charge in [-0.1, -0.05) is 28.1 Å². The lowest BCUT2D eigenvalue weighted by Crippen LogP contribution is -2.33. The second-order valence-corrected chi connectivity index (χ2v) is 4.68. The number of rotatable bonds is 3. The fourth-order valence-corrected chi connectivity index (χ4v) is 2.45. The van der Waals surface area contributed by atoms with Crippen LogP contribution in [0.15, 0.2) is 40.3 Å². The minimum Gasteiger partial charge on any atom is -0.385 e. The van der Waals surface area contributed by atoms with E-state index in [0.717, 1.165) is 0 Å². The van der Waals surface area contributed by atoms with E-state index in [2.05, 4.69) is 27.5 Å². The monoisotopic (exact) mass is 311 g/mol. The number of amidine groups is 1. The molecule has 0 aliphatic carbocycles. The molecule has 0 aromatic heterocycles. The molecule has 0 fully saturated rings. The molecule has 2 N–H and O–H groups in total. The zero-order valence-electron chi connectivity index (χ0n) is 9.44. The van der Waals surface area contributed by atoms with Crippen molar-refractivity contribution in [2.24, 2.45) is 10.7 Å². The quantitative estimate of drug-likeness (QED) is 0.872. The predicted octanol–water partition coefficient (Wildman–Crippen LogP) is 2.61. The van der Waals surface area contributed by atoms with Crippen molar-refractivity contribution in [1.82, 2.24) is 4.90 Å². The number of hydrogen-bond donors (Lipinski definition) is 1. The van der Waals surface area contributed by atoms with Gasteiger partial charge in [0.15, 0.2) is 0 Å². The lowest BCUT2D eigenvalue weighted by molar-refractivity contribution is 0.212. The van der Waals surface area contributed by atoms with Gasteiger partial charge < -0.3 is 10.6 Å². The van der Waals surface area contributed by atoms with Crippen molar-refractivity contribution in [3.63, 3.8) is 0 Å². The molecule has 1 aromatic rings. The molecule has 0 radical (unpaired) electrons. The van der Waals surface area contributed by atoms with Crippen molar-refractivity contribution in [2.75, 3.05) is 6.54 Å². The van der Waals surface area contributed by atoms with E-state index in [1.807, 2.05) is 0 Å². The van der Waals surface area contributed by atoms with Crippen molar-refractivity contribution < 1.29 is 9.18 Å². The molecule has 0 saturated heterocycles. The van der Waals surface area contributed by atoms with Gasteiger partial charge in [-0.2, -0.15) is 4.99 Å². The maximum absolute atomic E-state index is 13.1. The van der Waals surface area contributed by atoms with Gasteiger partial charge in [-0.05, 0) is 17.7 Å². The molecule has 1 aliphatic rings. The molecule has 1 atom stereocenters. The second-order valence-electron chi connectivity index (χ2n) is 3.83. The number of halogens is 2. The summed E-state index contributed by atoms with van der Waals surface area (Å²) in [6.45, 7) is 3.92. The number of nitrogens with zero attached hydrogens (tertiary/aromatic N) is 2. The van der Waals surface area contributed by atoms with Crippen LogP contribution >= 0.6 is 15.9 Å². The fraction of sp³-hybridized carbons (Fsp3) is 0.167. The van der Waals surface area contributed by atoms with Crippen molar-refractivity contribution in [1.29, 1.82) is 0 Å². The van der Waals surface area contributed by atoms with Crippen LogP contribution in [0.2, 0.25) is 0 Å². The topological polar surface area (TPSA) is 58.7 Å². The van der Waals surface area contributed by atoms with Crippen LogP contribution < -0.4 is 5.73 Å². The minimum atomic E-state index is -0.481. The molecule has 94 valence electrons. The Labute approximate surface area is 112 Å². The summed E-state index contributed by atoms with van der Waals surface area (Å²) in [7, 11) is 0. The van der Waals surface area contributed by atoms with Gasteiger partial charge in [0.25, 0.3) is 0 Å². The third-order valence-electron chi connectivity index (χ3n) is 2.65. The third kappa shape index (κ3) is 2.15. The Balaban J connectivity index is 2.44. The van der Waals surface area contributed by atoms with Crippen LogP contribution in [-0.4, -0.2) is 23.3 Å². The Hall–Kier alpha value is -1.69. The molecule has 2 rings (SSSR count). The van der Waals surface area contributed by atoms with Crippen LogP contribution in [0.1, 0.15) is 11.6 Å². The van der Waals surface area contributed by atoms with Crippen LogP contribution in [0.25, 0.3) is 0 Å². The molecule has 6 heteroatoms. The molecular weight excluding hydrogens is 301 g/mol. The van der Waals surface area contributed by atoms with Crippen molar-refractivity contribution >= 4 is 27.8 Å². The number of hydrogen-bond acceptors (Lipinski definition) is 2. The normalized spacial score (nSPS) is 19.0. The van der Waals surface area contributed by atoms with Gasteiger partial charge in [0.2, 0.25) is 0 Å². The van der Waals surface area contributed by atoms with E-state index in [0.29, 0.717) is 16.6 Å². The van der Waals surface area contributed by atoms with Gasteiger partial charge in [0.05, 0.1) is 0 Å². The summed E-state index contributed by atoms with van der Waals surface area (Å²) in [4.78, 5) is 16.9. The van der Waals surface area contributed by atoms with Gasteiger partial charge in [0.1, 0.15) is 17.7 Å². The Morgan fingerprint density at radius 3 is 2.94 bits per heavy atom. The third-order valence-corrected chi connectivity index (χ3v) is 3.33. The average Bonchev–Trinajstić information content (AvgIpc) is 2.56. The van der Waals surface area contributed by atoms with Crippen molar-refractivity contribution in [3.8, 4) is 0 Å². The summed E-state index contributed by atoms with van der Waals surface area (Å²) in [6, 6.07) is 3.35. The lowest BCUT2D eigenvalue weighted by atomic mass is 10.1. The van der Waals surface area contributed by atoms with Crippen molar-refractivity contribution in [3.05, 3.63) is 46.7 Å². The van der Waals surface area contributed by atoms with Gasteiger partial charge in [-0.3, -0.25) is 0 Å². The first kappa shape index (κ1) is 12.8. The number of urea groups is 1. The highest BCUT2D eigenvalue weighted by atomic mass is 79.9. The van der Waals surface area contributed by atoms with Gasteiger partial charge in [-0.25, -0.2) is 9.18 Å². The van der Waals surface area contributed by atoms with Crippen LogP contribution in [0.5, 0.6) is 0 Å². The number of aliphatic imine (C=N–C) groups is 1. The van der Waals surface area contributed by atoms with E-state index < -0.39 is 12.1 Å². The van der Waals surface area contributed by atoms with E-state index in [4.69, 9.17) is 5.73 Å². The first-order valence-corrected chi connectivity index (χ1v) is 6.04. The Morgan fingerprint density at radius 2 is 2.33 bits per heavy atom. The summed E-state index contributed by atoms with van der Waals surface area (Å²) < 4.78 is 13.6. The molecule has 0 spiro atoms. The highest BCUT2D eigenvalue weighted by molar-refractivity contribution is 9.10. The lowest BCUT2D eigenvalue weighted by Gasteiger charge is -2.24. The summed E-state index contributed by atoms with van der Waals surface area (Å²) in [5, 5.41) is 0. The van der Waals surface area contributed by atoms with Crippen LogP contribution in [-0.2, 0) is 0 Å². The molecule has 0 bridgehead atoms. The van der Waals surface area contributed by atoms with E-state index >= 15 is 0 Å². The molecular formula is C12H11BrFN3O. The maximum Gasteiger partial charge on any atom is 0.346 e. The average molecular weight is 312 g/mol. The number of benzene rings is 1. The summed E-state index contributed by atoms with van der Waals surface area (Å²) in [5.41, 5.74) is 6.47. The zero-order valence-corrected chi connectivity index (χ0v) is 11.0. The summed E-state index contributed by atoms with van der Waals surface area (Å²) in [6.07, 6.45) is 1.59. The minimum absolute atomic E-state index is 0.203. The number of carbonyl (C=O) groups excluding carboxylic acids is 1. The Kier molecular flexibility index (Phi) is 3.47. The number of amides is 2. The van der Waals surface area contributed by atoms with Crippen LogP contribution in [0.4, 0.5) is 9.18 Å². The number of nitrogens with two attached hydrogens (primary N) is 1. The second kappa shape index (κ2) is 4.89. The molecule has 1 heterocycles. The van der Waals surface area contributed by atoms with Crippen LogP contribution in [0, 0.1) is 5.82 Å². The predicted molar refractivity (Wildman–Crippen MR) is 70.8 cm³/mol.